The van der Waals surface area contributed by atoms with Gasteiger partial charge in [0.15, 0.2) is 0 Å². The molecule has 1 unspecified atom stereocenters. The van der Waals surface area contributed by atoms with E-state index in [1.54, 1.807) is 0 Å². The molecule has 2 fully saturated rings. The minimum Gasteiger partial charge on any atom is -0.368 e. The van der Waals surface area contributed by atoms with E-state index in [1.807, 2.05) is 4.90 Å². The molecule has 2 rings (SSSR count). The SMILES string of the molecule is O=C(C1CCCO1)N1CCNC1. The number of rotatable bonds is 1. The van der Waals surface area contributed by atoms with Crippen molar-refractivity contribution in [3.63, 3.8) is 0 Å². The molecule has 0 saturated carbocycles. The van der Waals surface area contributed by atoms with Crippen LogP contribution in [-0.2, 0) is 9.53 Å². The van der Waals surface area contributed by atoms with E-state index in [9.17, 15) is 4.79 Å². The molecule has 0 aliphatic carbocycles. The summed E-state index contributed by atoms with van der Waals surface area (Å²) in [5.41, 5.74) is 0. The van der Waals surface area contributed by atoms with E-state index in [1.165, 1.54) is 0 Å². The lowest BCUT2D eigenvalue weighted by molar-refractivity contribution is -0.139. The third-order valence-corrected chi connectivity index (χ3v) is 2.38. The third-order valence-electron chi connectivity index (χ3n) is 2.38. The predicted octanol–water partition coefficient (Wildman–Crippen LogP) is -0.445. The molecule has 68 valence electrons. The number of carbonyl (C=O) groups is 1. The van der Waals surface area contributed by atoms with Crippen LogP contribution in [0.4, 0.5) is 0 Å². The molecule has 2 aliphatic heterocycles. The van der Waals surface area contributed by atoms with Crippen LogP contribution in [-0.4, -0.2) is 43.3 Å². The van der Waals surface area contributed by atoms with E-state index in [4.69, 9.17) is 4.74 Å². The van der Waals surface area contributed by atoms with Crippen molar-refractivity contribution in [2.75, 3.05) is 26.4 Å². The topological polar surface area (TPSA) is 41.6 Å². The van der Waals surface area contributed by atoms with Gasteiger partial charge in [0, 0.05) is 19.7 Å². The van der Waals surface area contributed by atoms with Gasteiger partial charge in [-0.15, -0.1) is 0 Å². The van der Waals surface area contributed by atoms with Gasteiger partial charge in [0.1, 0.15) is 6.10 Å². The average Bonchev–Trinajstić information content (AvgIpc) is 2.77. The Morgan fingerprint density at radius 2 is 2.50 bits per heavy atom. The summed E-state index contributed by atoms with van der Waals surface area (Å²) in [5, 5.41) is 3.13. The molecule has 1 amide bonds. The van der Waals surface area contributed by atoms with Crippen molar-refractivity contribution in [2.24, 2.45) is 0 Å². The summed E-state index contributed by atoms with van der Waals surface area (Å²) in [5.74, 6) is 0.164. The monoisotopic (exact) mass is 170 g/mol. The number of nitrogens with zero attached hydrogens (tertiary/aromatic N) is 1. The number of carbonyl (C=O) groups excluding carboxylic acids is 1. The van der Waals surface area contributed by atoms with E-state index in [0.717, 1.165) is 32.5 Å². The van der Waals surface area contributed by atoms with E-state index in [-0.39, 0.29) is 12.0 Å². The zero-order valence-corrected chi connectivity index (χ0v) is 7.08. The van der Waals surface area contributed by atoms with Crippen LogP contribution in [0, 0.1) is 0 Å². The van der Waals surface area contributed by atoms with E-state index in [2.05, 4.69) is 5.32 Å². The van der Waals surface area contributed by atoms with Gasteiger partial charge in [-0.1, -0.05) is 0 Å². The van der Waals surface area contributed by atoms with Crippen LogP contribution < -0.4 is 5.32 Å². The van der Waals surface area contributed by atoms with Gasteiger partial charge in [-0.25, -0.2) is 0 Å². The van der Waals surface area contributed by atoms with Crippen LogP contribution in [0.3, 0.4) is 0 Å². The van der Waals surface area contributed by atoms with Gasteiger partial charge in [0.05, 0.1) is 6.67 Å². The Morgan fingerprint density at radius 1 is 1.58 bits per heavy atom. The summed E-state index contributed by atoms with van der Waals surface area (Å²) in [6.07, 6.45) is 1.78. The number of amides is 1. The maximum atomic E-state index is 11.6. The molecule has 0 aromatic carbocycles. The van der Waals surface area contributed by atoms with Crippen molar-refractivity contribution in [2.45, 2.75) is 18.9 Å². The van der Waals surface area contributed by atoms with Crippen LogP contribution in [0.25, 0.3) is 0 Å². The lowest BCUT2D eigenvalue weighted by Crippen LogP contribution is -2.37. The molecule has 1 N–H and O–H groups in total. The minimum absolute atomic E-state index is 0.148. The second-order valence-corrected chi connectivity index (χ2v) is 3.26. The Balaban J connectivity index is 1.89. The van der Waals surface area contributed by atoms with Crippen molar-refractivity contribution in [1.29, 1.82) is 0 Å². The Hall–Kier alpha value is -0.610. The van der Waals surface area contributed by atoms with Crippen molar-refractivity contribution in [1.82, 2.24) is 10.2 Å². The summed E-state index contributed by atoms with van der Waals surface area (Å²) in [7, 11) is 0. The maximum Gasteiger partial charge on any atom is 0.252 e. The minimum atomic E-state index is -0.148. The second-order valence-electron chi connectivity index (χ2n) is 3.26. The van der Waals surface area contributed by atoms with Crippen molar-refractivity contribution < 1.29 is 9.53 Å². The molecule has 0 aromatic heterocycles. The zero-order valence-electron chi connectivity index (χ0n) is 7.08. The summed E-state index contributed by atoms with van der Waals surface area (Å²) < 4.78 is 5.31. The fourth-order valence-electron chi connectivity index (χ4n) is 1.67. The fraction of sp³-hybridized carbons (Fsp3) is 0.875. The Labute approximate surface area is 71.9 Å². The molecular formula is C8H14N2O2. The number of hydrogen-bond donors (Lipinski definition) is 1. The number of ether oxygens (including phenoxy) is 1. The van der Waals surface area contributed by atoms with E-state index < -0.39 is 0 Å². The van der Waals surface area contributed by atoms with Gasteiger partial charge < -0.3 is 9.64 Å². The molecule has 4 heteroatoms. The first kappa shape index (κ1) is 8.01. The quantitative estimate of drug-likeness (QED) is 0.580. The van der Waals surface area contributed by atoms with Gasteiger partial charge in [-0.2, -0.15) is 0 Å². The third kappa shape index (κ3) is 1.44. The van der Waals surface area contributed by atoms with Gasteiger partial charge in [-0.3, -0.25) is 10.1 Å². The highest BCUT2D eigenvalue weighted by molar-refractivity contribution is 5.81. The standard InChI is InChI=1S/C8H14N2O2/c11-8(7-2-1-5-12-7)10-4-3-9-6-10/h7,9H,1-6H2. The Bertz CT molecular complexity index is 154. The first-order valence-corrected chi connectivity index (χ1v) is 4.49. The smallest absolute Gasteiger partial charge is 0.252 e. The van der Waals surface area contributed by atoms with Crippen molar-refractivity contribution in [3.05, 3.63) is 0 Å². The molecule has 4 nitrogen and oxygen atoms in total. The van der Waals surface area contributed by atoms with Gasteiger partial charge >= 0.3 is 0 Å². The Morgan fingerprint density at radius 3 is 3.08 bits per heavy atom. The molecule has 2 aliphatic rings. The molecular weight excluding hydrogens is 156 g/mol. The molecule has 0 radical (unpaired) electrons. The summed E-state index contributed by atoms with van der Waals surface area (Å²) >= 11 is 0. The van der Waals surface area contributed by atoms with E-state index >= 15 is 0 Å². The Kier molecular flexibility index (Phi) is 2.28. The van der Waals surface area contributed by atoms with Crippen LogP contribution in [0.2, 0.25) is 0 Å². The highest BCUT2D eigenvalue weighted by Gasteiger charge is 2.29. The van der Waals surface area contributed by atoms with Crippen molar-refractivity contribution in [3.8, 4) is 0 Å². The van der Waals surface area contributed by atoms with Gasteiger partial charge in [-0.05, 0) is 12.8 Å². The molecule has 12 heavy (non-hydrogen) atoms. The maximum absolute atomic E-state index is 11.6. The van der Waals surface area contributed by atoms with Crippen LogP contribution in [0.15, 0.2) is 0 Å². The van der Waals surface area contributed by atoms with Crippen molar-refractivity contribution >= 4 is 5.91 Å². The van der Waals surface area contributed by atoms with Gasteiger partial charge in [0.2, 0.25) is 0 Å². The highest BCUT2D eigenvalue weighted by Crippen LogP contribution is 2.14. The molecule has 0 bridgehead atoms. The van der Waals surface area contributed by atoms with Crippen LogP contribution in [0.1, 0.15) is 12.8 Å². The number of nitrogens with one attached hydrogen (secondary N) is 1. The lowest BCUT2D eigenvalue weighted by atomic mass is 10.2. The van der Waals surface area contributed by atoms with Gasteiger partial charge in [0.25, 0.3) is 5.91 Å². The second kappa shape index (κ2) is 3.41. The number of hydrogen-bond acceptors (Lipinski definition) is 3. The highest BCUT2D eigenvalue weighted by atomic mass is 16.5. The molecule has 0 aromatic rings. The largest absolute Gasteiger partial charge is 0.368 e. The van der Waals surface area contributed by atoms with Crippen LogP contribution in [0.5, 0.6) is 0 Å². The first-order chi connectivity index (χ1) is 5.88. The molecule has 0 spiro atoms. The molecule has 2 saturated heterocycles. The fourth-order valence-corrected chi connectivity index (χ4v) is 1.67. The first-order valence-electron chi connectivity index (χ1n) is 4.49. The normalized spacial score (nSPS) is 29.7. The van der Waals surface area contributed by atoms with E-state index in [0.29, 0.717) is 6.67 Å². The summed E-state index contributed by atoms with van der Waals surface area (Å²) in [4.78, 5) is 13.4. The summed E-state index contributed by atoms with van der Waals surface area (Å²) in [6.45, 7) is 3.19. The summed E-state index contributed by atoms with van der Waals surface area (Å²) in [6, 6.07) is 0. The zero-order chi connectivity index (χ0) is 8.39. The molecule has 1 atom stereocenters. The van der Waals surface area contributed by atoms with Crippen LogP contribution >= 0.6 is 0 Å². The molecule has 2 heterocycles. The predicted molar refractivity (Wildman–Crippen MR) is 43.6 cm³/mol. The average molecular weight is 170 g/mol. The lowest BCUT2D eigenvalue weighted by Gasteiger charge is -2.18.